The summed E-state index contributed by atoms with van der Waals surface area (Å²) in [5.74, 6) is -0.525. The van der Waals surface area contributed by atoms with Gasteiger partial charge in [0.25, 0.3) is 0 Å². The van der Waals surface area contributed by atoms with Gasteiger partial charge in [-0.25, -0.2) is 8.78 Å². The summed E-state index contributed by atoms with van der Waals surface area (Å²) in [6.07, 6.45) is 1.97. The van der Waals surface area contributed by atoms with Crippen molar-refractivity contribution in [3.8, 4) is 11.4 Å². The number of hydrogen-bond donors (Lipinski definition) is 1. The molecule has 0 aliphatic carbocycles. The van der Waals surface area contributed by atoms with E-state index < -0.39 is 11.6 Å². The number of rotatable bonds is 3. The third-order valence-corrected chi connectivity index (χ3v) is 3.59. The van der Waals surface area contributed by atoms with E-state index in [1.807, 2.05) is 4.57 Å². The van der Waals surface area contributed by atoms with Crippen LogP contribution in [-0.2, 0) is 6.54 Å². The quantitative estimate of drug-likeness (QED) is 0.938. The van der Waals surface area contributed by atoms with Crippen molar-refractivity contribution in [2.75, 3.05) is 6.54 Å². The van der Waals surface area contributed by atoms with Crippen LogP contribution in [0, 0.1) is 11.6 Å². The fourth-order valence-electron chi connectivity index (χ4n) is 2.63. The van der Waals surface area contributed by atoms with Crippen molar-refractivity contribution < 1.29 is 8.78 Å². The number of nitrogens with one attached hydrogen (secondary N) is 1. The monoisotopic (exact) mass is 278 g/mol. The van der Waals surface area contributed by atoms with Crippen LogP contribution in [0.1, 0.15) is 31.6 Å². The minimum Gasteiger partial charge on any atom is -0.308 e. The molecule has 0 fully saturated rings. The van der Waals surface area contributed by atoms with E-state index in [0.29, 0.717) is 12.4 Å². The minimum absolute atomic E-state index is 0.131. The highest BCUT2D eigenvalue weighted by Gasteiger charge is 2.26. The lowest BCUT2D eigenvalue weighted by Gasteiger charge is -2.24. The molecule has 2 aromatic rings. The number of hydrogen-bond acceptors (Lipinski definition) is 3. The van der Waals surface area contributed by atoms with Crippen LogP contribution in [0.5, 0.6) is 0 Å². The topological polar surface area (TPSA) is 42.7 Å². The molecule has 0 saturated heterocycles. The molecular weight excluding hydrogens is 262 g/mol. The van der Waals surface area contributed by atoms with E-state index in [0.717, 1.165) is 31.3 Å². The van der Waals surface area contributed by atoms with Gasteiger partial charge in [0.05, 0.1) is 11.6 Å². The van der Waals surface area contributed by atoms with Gasteiger partial charge < -0.3 is 9.88 Å². The molecular formula is C14H16F2N4. The molecule has 1 aromatic carbocycles. The summed E-state index contributed by atoms with van der Waals surface area (Å²) in [7, 11) is 0. The lowest BCUT2D eigenvalue weighted by molar-refractivity contribution is 0.394. The smallest absolute Gasteiger partial charge is 0.169 e. The van der Waals surface area contributed by atoms with Crippen molar-refractivity contribution in [3.05, 3.63) is 35.7 Å². The van der Waals surface area contributed by atoms with Gasteiger partial charge in [-0.2, -0.15) is 0 Å². The standard InChI is InChI=1S/C14H16F2N4/c1-2-4-11-14-19-18-13(20(14)8-7-17-11)9-5-3-6-10(15)12(9)16/h3,5-6,11,17H,2,4,7-8H2,1H3. The van der Waals surface area contributed by atoms with Crippen LogP contribution in [0.25, 0.3) is 11.4 Å². The van der Waals surface area contributed by atoms with Gasteiger partial charge >= 0.3 is 0 Å². The predicted molar refractivity (Wildman–Crippen MR) is 71.0 cm³/mol. The van der Waals surface area contributed by atoms with Crippen molar-refractivity contribution >= 4 is 0 Å². The molecule has 6 heteroatoms. The molecule has 0 spiro atoms. The molecule has 20 heavy (non-hydrogen) atoms. The fraction of sp³-hybridized carbons (Fsp3) is 0.429. The van der Waals surface area contributed by atoms with E-state index in [1.54, 1.807) is 0 Å². The van der Waals surface area contributed by atoms with E-state index in [-0.39, 0.29) is 11.6 Å². The lowest BCUT2D eigenvalue weighted by atomic mass is 10.1. The number of fused-ring (bicyclic) bond motifs is 1. The average Bonchev–Trinajstić information content (AvgIpc) is 2.87. The van der Waals surface area contributed by atoms with Crippen LogP contribution in [0.15, 0.2) is 18.2 Å². The summed E-state index contributed by atoms with van der Waals surface area (Å²) in [5, 5.41) is 11.6. The summed E-state index contributed by atoms with van der Waals surface area (Å²) in [6, 6.07) is 4.26. The van der Waals surface area contributed by atoms with Gasteiger partial charge in [-0.3, -0.25) is 0 Å². The van der Waals surface area contributed by atoms with Crippen molar-refractivity contribution in [1.29, 1.82) is 0 Å². The second kappa shape index (κ2) is 5.28. The zero-order chi connectivity index (χ0) is 14.1. The molecule has 1 N–H and O–H groups in total. The Morgan fingerprint density at radius 1 is 1.35 bits per heavy atom. The van der Waals surface area contributed by atoms with Gasteiger partial charge in [-0.15, -0.1) is 10.2 Å². The SMILES string of the molecule is CCCC1NCCn2c(-c3cccc(F)c3F)nnc21. The summed E-state index contributed by atoms with van der Waals surface area (Å²) in [6.45, 7) is 3.54. The van der Waals surface area contributed by atoms with E-state index >= 15 is 0 Å². The lowest BCUT2D eigenvalue weighted by Crippen LogP contribution is -2.33. The van der Waals surface area contributed by atoms with E-state index in [2.05, 4.69) is 22.4 Å². The molecule has 0 bridgehead atoms. The first kappa shape index (κ1) is 13.2. The number of nitrogens with zero attached hydrogens (tertiary/aromatic N) is 3. The Morgan fingerprint density at radius 2 is 2.20 bits per heavy atom. The maximum absolute atomic E-state index is 13.9. The van der Waals surface area contributed by atoms with Gasteiger partial charge in [0, 0.05) is 13.1 Å². The van der Waals surface area contributed by atoms with Crippen LogP contribution in [-0.4, -0.2) is 21.3 Å². The van der Waals surface area contributed by atoms with Crippen LogP contribution >= 0.6 is 0 Å². The average molecular weight is 278 g/mol. The van der Waals surface area contributed by atoms with Crippen molar-refractivity contribution in [1.82, 2.24) is 20.1 Å². The van der Waals surface area contributed by atoms with Crippen molar-refractivity contribution in [2.24, 2.45) is 0 Å². The van der Waals surface area contributed by atoms with Crippen molar-refractivity contribution in [3.63, 3.8) is 0 Å². The van der Waals surface area contributed by atoms with Gasteiger partial charge in [0.1, 0.15) is 0 Å². The molecule has 1 aromatic heterocycles. The van der Waals surface area contributed by atoms with E-state index in [1.165, 1.54) is 12.1 Å². The van der Waals surface area contributed by atoms with Crippen molar-refractivity contribution in [2.45, 2.75) is 32.4 Å². The molecule has 1 atom stereocenters. The molecule has 0 radical (unpaired) electrons. The molecule has 1 aliphatic heterocycles. The van der Waals surface area contributed by atoms with E-state index in [4.69, 9.17) is 0 Å². The summed E-state index contributed by atoms with van der Waals surface area (Å²) < 4.78 is 29.1. The highest BCUT2D eigenvalue weighted by atomic mass is 19.2. The van der Waals surface area contributed by atoms with E-state index in [9.17, 15) is 8.78 Å². The molecule has 0 amide bonds. The van der Waals surface area contributed by atoms with Crippen LogP contribution in [0.4, 0.5) is 8.78 Å². The Balaban J connectivity index is 2.06. The minimum atomic E-state index is -0.867. The Labute approximate surface area is 115 Å². The highest BCUT2D eigenvalue weighted by Crippen LogP contribution is 2.28. The third kappa shape index (κ3) is 2.10. The van der Waals surface area contributed by atoms with Gasteiger partial charge in [0.15, 0.2) is 23.3 Å². The summed E-state index contributed by atoms with van der Waals surface area (Å²) >= 11 is 0. The highest BCUT2D eigenvalue weighted by molar-refractivity contribution is 5.56. The maximum Gasteiger partial charge on any atom is 0.169 e. The zero-order valence-electron chi connectivity index (χ0n) is 11.2. The first-order valence-electron chi connectivity index (χ1n) is 6.83. The largest absolute Gasteiger partial charge is 0.308 e. The summed E-state index contributed by atoms with van der Waals surface area (Å²) in [4.78, 5) is 0. The molecule has 3 rings (SSSR count). The van der Waals surface area contributed by atoms with Crippen LogP contribution in [0.2, 0.25) is 0 Å². The number of benzene rings is 1. The molecule has 1 unspecified atom stereocenters. The molecule has 4 nitrogen and oxygen atoms in total. The molecule has 2 heterocycles. The normalized spacial score (nSPS) is 18.1. The Kier molecular flexibility index (Phi) is 3.48. The van der Waals surface area contributed by atoms with Crippen LogP contribution in [0.3, 0.4) is 0 Å². The first-order chi connectivity index (χ1) is 9.72. The molecule has 0 saturated carbocycles. The molecule has 106 valence electrons. The Bertz CT molecular complexity index is 624. The predicted octanol–water partition coefficient (Wildman–Crippen LogP) is 2.67. The maximum atomic E-state index is 13.9. The second-order valence-corrected chi connectivity index (χ2v) is 4.93. The number of halogens is 2. The second-order valence-electron chi connectivity index (χ2n) is 4.93. The molecule has 1 aliphatic rings. The van der Waals surface area contributed by atoms with Gasteiger partial charge in [-0.1, -0.05) is 19.4 Å². The first-order valence-corrected chi connectivity index (χ1v) is 6.83. The fourth-order valence-corrected chi connectivity index (χ4v) is 2.63. The third-order valence-electron chi connectivity index (χ3n) is 3.59. The zero-order valence-corrected chi connectivity index (χ0v) is 11.2. The van der Waals surface area contributed by atoms with Gasteiger partial charge in [-0.05, 0) is 18.6 Å². The number of aromatic nitrogens is 3. The van der Waals surface area contributed by atoms with Gasteiger partial charge in [0.2, 0.25) is 0 Å². The Hall–Kier alpha value is -1.82. The summed E-state index contributed by atoms with van der Waals surface area (Å²) in [5.41, 5.74) is 0.167. The Morgan fingerprint density at radius 3 is 3.00 bits per heavy atom. The van der Waals surface area contributed by atoms with Crippen LogP contribution < -0.4 is 5.32 Å².